The first-order chi connectivity index (χ1) is 7.16. The Morgan fingerprint density at radius 2 is 2.25 bits per heavy atom. The smallest absolute Gasteiger partial charge is 0.347 e. The van der Waals surface area contributed by atoms with Crippen LogP contribution in [-0.4, -0.2) is 28.1 Å². The van der Waals surface area contributed by atoms with E-state index in [1.54, 1.807) is 0 Å². The number of nitrogens with zero attached hydrogens (tertiary/aromatic N) is 3. The molecule has 0 spiro atoms. The van der Waals surface area contributed by atoms with Gasteiger partial charge in [-0.1, -0.05) is 0 Å². The summed E-state index contributed by atoms with van der Waals surface area (Å²) in [5.41, 5.74) is 1.52. The molecular weight excluding hydrogens is 340 g/mol. The van der Waals surface area contributed by atoms with Gasteiger partial charge in [0.25, 0.3) is 0 Å². The molecule has 3 heterocycles. The number of rotatable bonds is 0. The van der Waals surface area contributed by atoms with Crippen molar-refractivity contribution < 1.29 is 0 Å². The van der Waals surface area contributed by atoms with E-state index in [4.69, 9.17) is 0 Å². The highest BCUT2D eigenvalue weighted by Crippen LogP contribution is 2.31. The number of nitrogens with one attached hydrogen (secondary N) is 1. The molecule has 5 nitrogen and oxygen atoms in total. The highest BCUT2D eigenvalue weighted by Gasteiger charge is 2.20. The minimum Gasteiger partial charge on any atom is -0.356 e. The summed E-state index contributed by atoms with van der Waals surface area (Å²) in [7, 11) is 1.95. The molecule has 0 radical (unpaired) electrons. The highest BCUT2D eigenvalue weighted by molar-refractivity contribution is 9.10. The first kappa shape index (κ1) is 11.7. The van der Waals surface area contributed by atoms with Crippen molar-refractivity contribution in [2.24, 2.45) is 0 Å². The summed E-state index contributed by atoms with van der Waals surface area (Å²) < 4.78 is 3.02. The topological polar surface area (TPSA) is 53.9 Å². The van der Waals surface area contributed by atoms with Crippen molar-refractivity contribution in [2.45, 2.75) is 6.54 Å². The first-order valence-electron chi connectivity index (χ1n) is 4.66. The SMILES string of the molecule is Br.CN1CCn2cc(Br)c3[nH]c(=O)nc1c32. The van der Waals surface area contributed by atoms with Gasteiger partial charge >= 0.3 is 5.69 Å². The number of H-pyrrole nitrogens is 1. The van der Waals surface area contributed by atoms with Crippen LogP contribution >= 0.6 is 32.9 Å². The fraction of sp³-hybridized carbons (Fsp3) is 0.333. The van der Waals surface area contributed by atoms with Gasteiger partial charge in [-0.25, -0.2) is 4.79 Å². The van der Waals surface area contributed by atoms with Crippen molar-refractivity contribution >= 4 is 49.8 Å². The van der Waals surface area contributed by atoms with Crippen LogP contribution in [0.3, 0.4) is 0 Å². The van der Waals surface area contributed by atoms with Gasteiger partial charge in [-0.3, -0.25) is 0 Å². The Bertz CT molecular complexity index is 603. The van der Waals surface area contributed by atoms with Crippen LogP contribution in [0.1, 0.15) is 0 Å². The Labute approximate surface area is 110 Å². The van der Waals surface area contributed by atoms with Crippen LogP contribution in [0.25, 0.3) is 11.0 Å². The molecule has 2 aromatic rings. The zero-order chi connectivity index (χ0) is 10.6. The average molecular weight is 350 g/mol. The van der Waals surface area contributed by atoms with Crippen molar-refractivity contribution in [2.75, 3.05) is 18.5 Å². The van der Waals surface area contributed by atoms with Crippen molar-refractivity contribution in [3.05, 3.63) is 21.2 Å². The molecular formula is C9H10Br2N4O. The van der Waals surface area contributed by atoms with Gasteiger partial charge < -0.3 is 14.5 Å². The van der Waals surface area contributed by atoms with Crippen LogP contribution in [-0.2, 0) is 6.54 Å². The highest BCUT2D eigenvalue weighted by atomic mass is 79.9. The summed E-state index contributed by atoms with van der Waals surface area (Å²) >= 11 is 3.44. The van der Waals surface area contributed by atoms with E-state index in [0.29, 0.717) is 0 Å². The molecule has 0 atom stereocenters. The summed E-state index contributed by atoms with van der Waals surface area (Å²) in [5, 5.41) is 0. The molecule has 1 aliphatic heterocycles. The lowest BCUT2D eigenvalue weighted by atomic mass is 10.3. The molecule has 1 N–H and O–H groups in total. The molecule has 7 heteroatoms. The number of aromatic amines is 1. The van der Waals surface area contributed by atoms with E-state index in [1.807, 2.05) is 18.1 Å². The van der Waals surface area contributed by atoms with Crippen LogP contribution < -0.4 is 10.6 Å². The molecule has 2 aromatic heterocycles. The van der Waals surface area contributed by atoms with E-state index < -0.39 is 0 Å². The second-order valence-corrected chi connectivity index (χ2v) is 4.54. The molecule has 1 aliphatic rings. The minimum absolute atomic E-state index is 0. The second-order valence-electron chi connectivity index (χ2n) is 3.68. The lowest BCUT2D eigenvalue weighted by Crippen LogP contribution is -2.30. The normalized spacial score (nSPS) is 14.0. The van der Waals surface area contributed by atoms with Gasteiger partial charge in [0.2, 0.25) is 0 Å². The van der Waals surface area contributed by atoms with Gasteiger partial charge in [0.1, 0.15) is 5.52 Å². The third-order valence-electron chi connectivity index (χ3n) is 2.72. The van der Waals surface area contributed by atoms with Crippen LogP contribution in [0, 0.1) is 0 Å². The summed E-state index contributed by atoms with van der Waals surface area (Å²) in [5.74, 6) is 0.755. The third kappa shape index (κ3) is 1.49. The molecule has 0 aromatic carbocycles. The summed E-state index contributed by atoms with van der Waals surface area (Å²) in [6, 6.07) is 0. The summed E-state index contributed by atoms with van der Waals surface area (Å²) in [6.45, 7) is 1.79. The van der Waals surface area contributed by atoms with E-state index >= 15 is 0 Å². The number of hydrogen-bond donors (Lipinski definition) is 1. The van der Waals surface area contributed by atoms with Gasteiger partial charge in [-0.15, -0.1) is 17.0 Å². The second kappa shape index (κ2) is 3.89. The number of aromatic nitrogens is 3. The fourth-order valence-electron chi connectivity index (χ4n) is 1.97. The largest absolute Gasteiger partial charge is 0.356 e. The van der Waals surface area contributed by atoms with E-state index in [2.05, 4.69) is 30.5 Å². The van der Waals surface area contributed by atoms with Crippen molar-refractivity contribution in [3.8, 4) is 0 Å². The van der Waals surface area contributed by atoms with Gasteiger partial charge in [-0.2, -0.15) is 4.98 Å². The molecule has 0 saturated heterocycles. The fourth-order valence-corrected chi connectivity index (χ4v) is 2.51. The van der Waals surface area contributed by atoms with Gasteiger partial charge in [0.05, 0.1) is 9.99 Å². The number of likely N-dealkylation sites (N-methyl/N-ethyl adjacent to an activating group) is 1. The molecule has 0 fully saturated rings. The predicted octanol–water partition coefficient (Wildman–Crippen LogP) is 1.51. The van der Waals surface area contributed by atoms with Crippen molar-refractivity contribution in [3.63, 3.8) is 0 Å². The molecule has 0 bridgehead atoms. The maximum Gasteiger partial charge on any atom is 0.347 e. The zero-order valence-corrected chi connectivity index (χ0v) is 11.8. The standard InChI is InChI=1S/C9H9BrN4O.BrH/c1-13-2-3-14-4-5(10)6-7(14)8(13)12-9(15)11-6;/h4H,2-3H2,1H3,(H,11,12,15);1H. The Balaban J connectivity index is 0.000000963. The van der Waals surface area contributed by atoms with E-state index in [9.17, 15) is 4.79 Å². The third-order valence-corrected chi connectivity index (χ3v) is 3.32. The van der Waals surface area contributed by atoms with E-state index in [0.717, 1.165) is 34.4 Å². The zero-order valence-electron chi connectivity index (χ0n) is 8.53. The lowest BCUT2D eigenvalue weighted by Gasteiger charge is -2.24. The van der Waals surface area contributed by atoms with E-state index in [-0.39, 0.29) is 22.7 Å². The summed E-state index contributed by atoms with van der Waals surface area (Å²) in [6.07, 6.45) is 1.98. The quantitative estimate of drug-likeness (QED) is 0.784. The van der Waals surface area contributed by atoms with Gasteiger partial charge in [0, 0.05) is 26.3 Å². The summed E-state index contributed by atoms with van der Waals surface area (Å²) in [4.78, 5) is 20.1. The molecule has 0 saturated carbocycles. The van der Waals surface area contributed by atoms with Crippen molar-refractivity contribution in [1.29, 1.82) is 0 Å². The van der Waals surface area contributed by atoms with Crippen LogP contribution in [0.5, 0.6) is 0 Å². The maximum absolute atomic E-state index is 11.4. The molecule has 16 heavy (non-hydrogen) atoms. The first-order valence-corrected chi connectivity index (χ1v) is 5.46. The molecule has 0 unspecified atom stereocenters. The molecule has 86 valence electrons. The Kier molecular flexibility index (Phi) is 2.83. The Morgan fingerprint density at radius 1 is 1.50 bits per heavy atom. The predicted molar refractivity (Wildman–Crippen MR) is 71.6 cm³/mol. The van der Waals surface area contributed by atoms with Crippen molar-refractivity contribution in [1.82, 2.24) is 14.5 Å². The van der Waals surface area contributed by atoms with Crippen LogP contribution in [0.2, 0.25) is 0 Å². The molecule has 0 aliphatic carbocycles. The van der Waals surface area contributed by atoms with E-state index in [1.165, 1.54) is 0 Å². The average Bonchev–Trinajstić information content (AvgIpc) is 2.51. The molecule has 3 rings (SSSR count). The van der Waals surface area contributed by atoms with Gasteiger partial charge in [0.15, 0.2) is 5.82 Å². The number of halogens is 2. The minimum atomic E-state index is -0.301. The monoisotopic (exact) mass is 348 g/mol. The lowest BCUT2D eigenvalue weighted by molar-refractivity contribution is 0.675. The van der Waals surface area contributed by atoms with Crippen LogP contribution in [0.15, 0.2) is 15.5 Å². The maximum atomic E-state index is 11.4. The molecule has 0 amide bonds. The Hall–Kier alpha value is -0.820. The number of hydrogen-bond acceptors (Lipinski definition) is 3. The Morgan fingerprint density at radius 3 is 3.00 bits per heavy atom. The van der Waals surface area contributed by atoms with Crippen LogP contribution in [0.4, 0.5) is 5.82 Å². The van der Waals surface area contributed by atoms with Gasteiger partial charge in [-0.05, 0) is 15.9 Å². The number of anilines is 1.